The van der Waals surface area contributed by atoms with Crippen LogP contribution in [0.5, 0.6) is 0 Å². The van der Waals surface area contributed by atoms with E-state index in [1.54, 1.807) is 17.0 Å². The predicted molar refractivity (Wildman–Crippen MR) is 105 cm³/mol. The first-order valence-corrected chi connectivity index (χ1v) is 9.86. The van der Waals surface area contributed by atoms with E-state index < -0.39 is 0 Å². The molecule has 1 saturated heterocycles. The van der Waals surface area contributed by atoms with Crippen molar-refractivity contribution in [2.45, 2.75) is 39.5 Å². The van der Waals surface area contributed by atoms with Gasteiger partial charge in [-0.1, -0.05) is 32.0 Å². The van der Waals surface area contributed by atoms with E-state index in [1.165, 1.54) is 0 Å². The first-order valence-electron chi connectivity index (χ1n) is 9.86. The topological polar surface area (TPSA) is 78.5 Å². The highest BCUT2D eigenvalue weighted by molar-refractivity contribution is 5.94. The first kappa shape index (κ1) is 20.9. The van der Waals surface area contributed by atoms with E-state index in [-0.39, 0.29) is 30.1 Å². The molecule has 1 aliphatic rings. The van der Waals surface area contributed by atoms with Crippen molar-refractivity contribution in [2.24, 2.45) is 11.8 Å². The average molecular weight is 373 g/mol. The molecule has 1 aliphatic heterocycles. The number of nitrogens with one attached hydrogen (secondary N) is 2. The second-order valence-corrected chi connectivity index (χ2v) is 7.53. The number of carbonyl (C=O) groups is 3. The maximum absolute atomic E-state index is 12.8. The van der Waals surface area contributed by atoms with Gasteiger partial charge in [0.1, 0.15) is 0 Å². The zero-order chi connectivity index (χ0) is 19.6. The van der Waals surface area contributed by atoms with Gasteiger partial charge < -0.3 is 15.5 Å². The van der Waals surface area contributed by atoms with Crippen LogP contribution in [0.1, 0.15) is 49.9 Å². The van der Waals surface area contributed by atoms with Gasteiger partial charge in [0.15, 0.2) is 0 Å². The Kier molecular flexibility index (Phi) is 8.30. The molecule has 0 aliphatic carbocycles. The summed E-state index contributed by atoms with van der Waals surface area (Å²) < 4.78 is 0. The lowest BCUT2D eigenvalue weighted by atomic mass is 9.97. The Morgan fingerprint density at radius 3 is 2.63 bits per heavy atom. The van der Waals surface area contributed by atoms with E-state index in [0.29, 0.717) is 50.5 Å². The van der Waals surface area contributed by atoms with Crippen LogP contribution in [0.4, 0.5) is 0 Å². The molecule has 0 aromatic heterocycles. The molecule has 148 valence electrons. The van der Waals surface area contributed by atoms with Crippen molar-refractivity contribution < 1.29 is 14.4 Å². The molecule has 1 unspecified atom stereocenters. The maximum Gasteiger partial charge on any atom is 0.253 e. The summed E-state index contributed by atoms with van der Waals surface area (Å²) in [5.41, 5.74) is 0.624. The monoisotopic (exact) mass is 373 g/mol. The Bertz CT molecular complexity index is 631. The van der Waals surface area contributed by atoms with Crippen molar-refractivity contribution in [3.63, 3.8) is 0 Å². The van der Waals surface area contributed by atoms with E-state index in [1.807, 2.05) is 18.2 Å². The van der Waals surface area contributed by atoms with E-state index in [0.717, 1.165) is 6.42 Å². The minimum Gasteiger partial charge on any atom is -0.356 e. The van der Waals surface area contributed by atoms with Crippen LogP contribution in [-0.4, -0.2) is 48.8 Å². The summed E-state index contributed by atoms with van der Waals surface area (Å²) in [5, 5.41) is 5.86. The molecule has 6 heteroatoms. The van der Waals surface area contributed by atoms with Gasteiger partial charge in [0.05, 0.1) is 0 Å². The second-order valence-electron chi connectivity index (χ2n) is 7.53. The number of hydrogen-bond donors (Lipinski definition) is 2. The molecule has 1 fully saturated rings. The summed E-state index contributed by atoms with van der Waals surface area (Å²) in [6.07, 6.45) is 2.36. The van der Waals surface area contributed by atoms with Gasteiger partial charge in [-0.15, -0.1) is 0 Å². The molecule has 1 aromatic rings. The zero-order valence-electron chi connectivity index (χ0n) is 16.4. The van der Waals surface area contributed by atoms with Gasteiger partial charge in [0.25, 0.3) is 5.91 Å². The number of carbonyl (C=O) groups excluding carboxylic acids is 3. The molecule has 0 saturated carbocycles. The lowest BCUT2D eigenvalue weighted by Gasteiger charge is -2.23. The fourth-order valence-electron chi connectivity index (χ4n) is 3.17. The van der Waals surface area contributed by atoms with Crippen molar-refractivity contribution in [1.29, 1.82) is 0 Å². The fourth-order valence-corrected chi connectivity index (χ4v) is 3.17. The molecule has 1 aromatic carbocycles. The molecule has 0 spiro atoms. The lowest BCUT2D eigenvalue weighted by molar-refractivity contribution is -0.126. The van der Waals surface area contributed by atoms with E-state index in [4.69, 9.17) is 0 Å². The molecule has 0 bridgehead atoms. The van der Waals surface area contributed by atoms with Gasteiger partial charge >= 0.3 is 0 Å². The molecule has 1 heterocycles. The highest BCUT2D eigenvalue weighted by Gasteiger charge is 2.22. The fraction of sp³-hybridized carbons (Fsp3) is 0.571. The van der Waals surface area contributed by atoms with Gasteiger partial charge in [0, 0.05) is 44.1 Å². The number of benzene rings is 1. The van der Waals surface area contributed by atoms with Crippen molar-refractivity contribution in [2.75, 3.05) is 26.2 Å². The summed E-state index contributed by atoms with van der Waals surface area (Å²) in [6.45, 7) is 6.21. The molecule has 2 N–H and O–H groups in total. The summed E-state index contributed by atoms with van der Waals surface area (Å²) in [4.78, 5) is 39.0. The van der Waals surface area contributed by atoms with Crippen molar-refractivity contribution >= 4 is 17.7 Å². The van der Waals surface area contributed by atoms with Crippen molar-refractivity contribution in [1.82, 2.24) is 15.5 Å². The Labute approximate surface area is 161 Å². The first-order chi connectivity index (χ1) is 13.0. The smallest absolute Gasteiger partial charge is 0.253 e. The predicted octanol–water partition coefficient (Wildman–Crippen LogP) is 2.21. The van der Waals surface area contributed by atoms with Gasteiger partial charge in [-0.05, 0) is 37.3 Å². The molecular formula is C21H31N3O3. The third-order valence-corrected chi connectivity index (χ3v) is 4.77. The van der Waals surface area contributed by atoms with Crippen LogP contribution < -0.4 is 10.6 Å². The molecule has 27 heavy (non-hydrogen) atoms. The van der Waals surface area contributed by atoms with E-state index in [2.05, 4.69) is 24.5 Å². The van der Waals surface area contributed by atoms with Crippen LogP contribution >= 0.6 is 0 Å². The van der Waals surface area contributed by atoms with Crippen molar-refractivity contribution in [3.05, 3.63) is 35.9 Å². The third-order valence-electron chi connectivity index (χ3n) is 4.77. The van der Waals surface area contributed by atoms with Crippen LogP contribution in [0.3, 0.4) is 0 Å². The van der Waals surface area contributed by atoms with E-state index >= 15 is 0 Å². The molecule has 2 rings (SSSR count). The average Bonchev–Trinajstić information content (AvgIpc) is 2.71. The van der Waals surface area contributed by atoms with Crippen LogP contribution in [0.25, 0.3) is 0 Å². The normalized spacial score (nSPS) is 19.1. The minimum atomic E-state index is -0.143. The summed E-state index contributed by atoms with van der Waals surface area (Å²) in [6, 6.07) is 9.12. The number of hydrogen-bond acceptors (Lipinski definition) is 3. The highest BCUT2D eigenvalue weighted by Crippen LogP contribution is 2.15. The quantitative estimate of drug-likeness (QED) is 0.849. The lowest BCUT2D eigenvalue weighted by Crippen LogP contribution is -2.35. The maximum atomic E-state index is 12.8. The van der Waals surface area contributed by atoms with Crippen LogP contribution in [0, 0.1) is 11.8 Å². The molecule has 3 amide bonds. The van der Waals surface area contributed by atoms with Gasteiger partial charge in [-0.25, -0.2) is 0 Å². The Morgan fingerprint density at radius 2 is 1.93 bits per heavy atom. The summed E-state index contributed by atoms with van der Waals surface area (Å²) >= 11 is 0. The van der Waals surface area contributed by atoms with Crippen LogP contribution in [0.15, 0.2) is 30.3 Å². The second kappa shape index (κ2) is 10.7. The minimum absolute atomic E-state index is 0.0399. The van der Waals surface area contributed by atoms with Gasteiger partial charge in [-0.2, -0.15) is 0 Å². The summed E-state index contributed by atoms with van der Waals surface area (Å²) in [7, 11) is 0. The third kappa shape index (κ3) is 7.04. The largest absolute Gasteiger partial charge is 0.356 e. The Morgan fingerprint density at radius 1 is 1.19 bits per heavy atom. The van der Waals surface area contributed by atoms with Crippen LogP contribution in [-0.2, 0) is 9.59 Å². The SMILES string of the molecule is CC(C)CNC(=O)C1CCCN(C(=O)c2ccccc2)CCC(=O)NCC1. The van der Waals surface area contributed by atoms with Crippen LogP contribution in [0.2, 0.25) is 0 Å². The van der Waals surface area contributed by atoms with Gasteiger partial charge in [0.2, 0.25) is 11.8 Å². The molecule has 0 radical (unpaired) electrons. The van der Waals surface area contributed by atoms with Gasteiger partial charge in [-0.3, -0.25) is 14.4 Å². The Balaban J connectivity index is 2.02. The summed E-state index contributed by atoms with van der Waals surface area (Å²) in [5.74, 6) is 0.150. The van der Waals surface area contributed by atoms with E-state index in [9.17, 15) is 14.4 Å². The van der Waals surface area contributed by atoms with Crippen molar-refractivity contribution in [3.8, 4) is 0 Å². The molecule has 6 nitrogen and oxygen atoms in total. The Hall–Kier alpha value is -2.37. The molecule has 1 atom stereocenters. The number of nitrogens with zero attached hydrogens (tertiary/aromatic N) is 1. The number of rotatable bonds is 4. The number of amides is 3. The zero-order valence-corrected chi connectivity index (χ0v) is 16.4. The molecular weight excluding hydrogens is 342 g/mol. The highest BCUT2D eigenvalue weighted by atomic mass is 16.2. The standard InChI is InChI=1S/C21H31N3O3/c1-16(2)15-23-20(26)17-9-6-13-24(14-11-19(25)22-12-10-17)21(27)18-7-4-3-5-8-18/h3-5,7-8,16-17H,6,9-15H2,1-2H3,(H,22,25)(H,23,26).